The zero-order valence-corrected chi connectivity index (χ0v) is 49.0. The fourth-order valence-electron chi connectivity index (χ4n) is 8.84. The minimum absolute atomic E-state index is 0.0250. The molecule has 6 aromatic rings. The first-order valence-corrected chi connectivity index (χ1v) is 28.5. The standard InChI is InChI=1S/C64H72ClN9O13/c1-42-34-49(75)35-43(2)50(42)37-55(59(79)69-52(57(77)70-54(56(66)76)36-44-20-7-3-8-21-44)30-17-18-32-68-61(80)87-41-48-28-15-16-29-51(48)65)71-58(78)53(72-62(81)84-38-45-22-9-4-10-23-45)31-19-33-67-60(73-63(82)85-39-46-24-11-5-12-25-46)74-64(83)86-40-47-26-13-6-14-27-47/h3-16,20-29,34-35,52-55,75H,17-19,30-33,36-41H2,1-2H3,(H2,66,76)(H,68,80)(H,69,79)(H,70,77)(H,71,78)(H,72,81)(H2,67,73,74,82,83)/t52-,53+,54-,55-/m0/s1. The number of carbonyl (C=O) groups is 8. The van der Waals surface area contributed by atoms with Gasteiger partial charge in [0.1, 0.15) is 56.3 Å². The zero-order valence-electron chi connectivity index (χ0n) is 48.3. The van der Waals surface area contributed by atoms with Gasteiger partial charge in [0.05, 0.1) is 0 Å². The molecule has 87 heavy (non-hydrogen) atoms. The molecule has 0 heterocycles. The Kier molecular flexibility index (Phi) is 26.9. The van der Waals surface area contributed by atoms with E-state index in [1.54, 1.807) is 159 Å². The third-order valence-electron chi connectivity index (χ3n) is 13.4. The van der Waals surface area contributed by atoms with Crippen LogP contribution in [0.15, 0.2) is 163 Å². The second-order valence-electron chi connectivity index (χ2n) is 20.1. The van der Waals surface area contributed by atoms with Gasteiger partial charge in [-0.1, -0.05) is 151 Å². The molecule has 22 nitrogen and oxygen atoms in total. The van der Waals surface area contributed by atoms with Gasteiger partial charge in [0.2, 0.25) is 29.6 Å². The van der Waals surface area contributed by atoms with E-state index < -0.39 is 72.2 Å². The van der Waals surface area contributed by atoms with Crippen LogP contribution in [0.1, 0.15) is 76.6 Å². The first kappa shape index (κ1) is 66.2. The van der Waals surface area contributed by atoms with Gasteiger partial charge < -0.3 is 61.7 Å². The zero-order chi connectivity index (χ0) is 62.3. The maximum absolute atomic E-state index is 14.9. The molecule has 0 saturated heterocycles. The van der Waals surface area contributed by atoms with Crippen LogP contribution in [0.25, 0.3) is 0 Å². The molecule has 0 aromatic heterocycles. The third-order valence-corrected chi connectivity index (χ3v) is 13.8. The first-order chi connectivity index (χ1) is 42.0. The number of aliphatic imine (C=N–C) groups is 1. The molecule has 6 aromatic carbocycles. The number of unbranched alkanes of at least 4 members (excludes halogenated alkanes) is 1. The normalized spacial score (nSPS) is 12.3. The van der Waals surface area contributed by atoms with Crippen molar-refractivity contribution in [2.75, 3.05) is 13.1 Å². The predicted molar refractivity (Wildman–Crippen MR) is 325 cm³/mol. The number of benzene rings is 6. The van der Waals surface area contributed by atoms with Crippen LogP contribution in [-0.4, -0.2) is 96.3 Å². The van der Waals surface area contributed by atoms with Crippen molar-refractivity contribution < 1.29 is 62.4 Å². The number of ether oxygens (including phenoxy) is 4. The van der Waals surface area contributed by atoms with E-state index in [1.807, 2.05) is 0 Å². The van der Waals surface area contributed by atoms with E-state index in [1.165, 1.54) is 12.1 Å². The van der Waals surface area contributed by atoms with Crippen molar-refractivity contribution in [3.8, 4) is 5.75 Å². The van der Waals surface area contributed by atoms with Crippen molar-refractivity contribution in [2.45, 2.75) is 109 Å². The molecule has 0 fully saturated rings. The summed E-state index contributed by atoms with van der Waals surface area (Å²) in [5.74, 6) is -3.68. The Morgan fingerprint density at radius 3 is 1.53 bits per heavy atom. The molecule has 458 valence electrons. The van der Waals surface area contributed by atoms with Crippen LogP contribution in [-0.2, 0) is 77.4 Å². The Morgan fingerprint density at radius 2 is 0.954 bits per heavy atom. The van der Waals surface area contributed by atoms with Gasteiger partial charge in [-0.05, 0) is 103 Å². The minimum Gasteiger partial charge on any atom is -0.508 e. The Labute approximate surface area is 509 Å². The summed E-state index contributed by atoms with van der Waals surface area (Å²) in [5.41, 5.74) is 10.9. The lowest BCUT2D eigenvalue weighted by atomic mass is 9.95. The number of rotatable bonds is 29. The number of aryl methyl sites for hydroxylation is 2. The predicted octanol–water partition coefficient (Wildman–Crippen LogP) is 7.77. The highest BCUT2D eigenvalue weighted by Crippen LogP contribution is 2.23. The highest BCUT2D eigenvalue weighted by Gasteiger charge is 2.32. The number of alkyl carbamates (subject to hydrolysis) is 3. The molecule has 10 N–H and O–H groups in total. The molecule has 6 rings (SSSR count). The number of nitrogens with one attached hydrogen (secondary N) is 7. The number of aromatic hydroxyl groups is 1. The number of phenols is 1. The molecule has 0 saturated carbocycles. The van der Waals surface area contributed by atoms with Crippen molar-refractivity contribution in [2.24, 2.45) is 10.7 Å². The smallest absolute Gasteiger partial charge is 0.437 e. The molecule has 8 amide bonds. The summed E-state index contributed by atoms with van der Waals surface area (Å²) in [5, 5.41) is 29.7. The van der Waals surface area contributed by atoms with Gasteiger partial charge in [0.15, 0.2) is 0 Å². The number of phenolic OH excluding ortho intramolecular Hbond substituents is 1. The average molecular weight is 1210 g/mol. The number of amides is 8. The van der Waals surface area contributed by atoms with Crippen LogP contribution < -0.4 is 43.0 Å². The van der Waals surface area contributed by atoms with Gasteiger partial charge in [-0.25, -0.2) is 19.2 Å². The summed E-state index contributed by atoms with van der Waals surface area (Å²) in [6.07, 6.45) is -3.41. The first-order valence-electron chi connectivity index (χ1n) is 28.1. The summed E-state index contributed by atoms with van der Waals surface area (Å²) in [7, 11) is 0. The number of carbonyl (C=O) groups excluding carboxylic acids is 8. The number of primary amides is 1. The third kappa shape index (κ3) is 23.9. The second-order valence-corrected chi connectivity index (χ2v) is 20.6. The van der Waals surface area contributed by atoms with Gasteiger partial charge in [-0.2, -0.15) is 0 Å². The monoisotopic (exact) mass is 1210 g/mol. The molecule has 0 aliphatic rings. The van der Waals surface area contributed by atoms with Gasteiger partial charge in [-0.15, -0.1) is 4.99 Å². The molecule has 0 unspecified atom stereocenters. The number of halogens is 1. The number of guanidine groups is 1. The van der Waals surface area contributed by atoms with Gasteiger partial charge in [0, 0.05) is 36.5 Å². The van der Waals surface area contributed by atoms with Crippen LogP contribution in [0, 0.1) is 13.8 Å². The molecule has 0 aliphatic carbocycles. The van der Waals surface area contributed by atoms with Crippen LogP contribution in [0.4, 0.5) is 19.2 Å². The highest BCUT2D eigenvalue weighted by atomic mass is 35.5. The van der Waals surface area contributed by atoms with Crippen LogP contribution >= 0.6 is 11.6 Å². The summed E-state index contributed by atoms with van der Waals surface area (Å²) in [6.45, 7) is 3.02. The molecular weight excluding hydrogens is 1140 g/mol. The SMILES string of the molecule is Cc1cc(O)cc(C)c1C[C@H](NC(=O)[C@@H](CCCNC(=NC(=O)OCc1ccccc1)NC(=O)OCc1ccccc1)NC(=O)OCc1ccccc1)C(=O)N[C@@H](CCCCNC(=O)OCc1ccccc1Cl)C(=O)N[C@@H](Cc1ccccc1)C(N)=O. The fraction of sp³-hybridized carbons (Fsp3) is 0.297. The van der Waals surface area contributed by atoms with Crippen molar-refractivity contribution >= 4 is 65.6 Å². The number of nitrogens with zero attached hydrogens (tertiary/aromatic N) is 1. The van der Waals surface area contributed by atoms with E-state index in [0.29, 0.717) is 56.0 Å². The largest absolute Gasteiger partial charge is 0.508 e. The number of hydrogen-bond acceptors (Lipinski definition) is 13. The van der Waals surface area contributed by atoms with E-state index >= 15 is 0 Å². The Bertz CT molecular complexity index is 3250. The molecular formula is C64H72ClN9O13. The lowest BCUT2D eigenvalue weighted by Crippen LogP contribution is -2.58. The van der Waals surface area contributed by atoms with Crippen LogP contribution in [0.3, 0.4) is 0 Å². The minimum atomic E-state index is -1.46. The Hall–Kier alpha value is -9.96. The maximum Gasteiger partial charge on any atom is 0.437 e. The van der Waals surface area contributed by atoms with E-state index in [0.717, 1.165) is 0 Å². The van der Waals surface area contributed by atoms with E-state index in [4.69, 9.17) is 36.3 Å². The summed E-state index contributed by atoms with van der Waals surface area (Å²) >= 11 is 6.21. The highest BCUT2D eigenvalue weighted by molar-refractivity contribution is 6.31. The Balaban J connectivity index is 1.22. The fourth-order valence-corrected chi connectivity index (χ4v) is 9.03. The van der Waals surface area contributed by atoms with Gasteiger partial charge in [-0.3, -0.25) is 24.5 Å². The Morgan fingerprint density at radius 1 is 0.494 bits per heavy atom. The summed E-state index contributed by atoms with van der Waals surface area (Å²) in [6, 6.07) is 39.8. The molecule has 0 radical (unpaired) electrons. The maximum atomic E-state index is 14.9. The topological polar surface area (TPSA) is 316 Å². The molecule has 0 aliphatic heterocycles. The molecule has 0 spiro atoms. The van der Waals surface area contributed by atoms with E-state index in [-0.39, 0.29) is 89.8 Å². The van der Waals surface area contributed by atoms with Crippen molar-refractivity contribution in [3.63, 3.8) is 0 Å². The lowest BCUT2D eigenvalue weighted by molar-refractivity contribution is -0.133. The van der Waals surface area contributed by atoms with Crippen LogP contribution in [0.5, 0.6) is 5.75 Å². The number of nitrogens with two attached hydrogens (primary N) is 1. The van der Waals surface area contributed by atoms with Crippen molar-refractivity contribution in [1.82, 2.24) is 37.2 Å². The number of hydrogen-bond donors (Lipinski definition) is 9. The second kappa shape index (κ2) is 35.4. The van der Waals surface area contributed by atoms with Crippen molar-refractivity contribution in [1.29, 1.82) is 0 Å². The lowest BCUT2D eigenvalue weighted by Gasteiger charge is -2.27. The molecule has 0 bridgehead atoms. The molecule has 4 atom stereocenters. The van der Waals surface area contributed by atoms with Gasteiger partial charge in [0.25, 0.3) is 0 Å². The molecule has 23 heteroatoms. The van der Waals surface area contributed by atoms with E-state index in [2.05, 4.69) is 42.2 Å². The van der Waals surface area contributed by atoms with Crippen LogP contribution in [0.2, 0.25) is 5.02 Å². The van der Waals surface area contributed by atoms with Gasteiger partial charge >= 0.3 is 24.4 Å². The average Bonchev–Trinajstić information content (AvgIpc) is 2.91. The quantitative estimate of drug-likeness (QED) is 0.00938. The summed E-state index contributed by atoms with van der Waals surface area (Å²) < 4.78 is 21.5. The van der Waals surface area contributed by atoms with Crippen molar-refractivity contribution in [3.05, 3.63) is 207 Å². The summed E-state index contributed by atoms with van der Waals surface area (Å²) in [4.78, 5) is 113. The van der Waals surface area contributed by atoms with E-state index in [9.17, 15) is 43.5 Å².